The smallest absolute Gasteiger partial charge is 0.306 e. The zero-order valence-corrected chi connectivity index (χ0v) is 14.4. The van der Waals surface area contributed by atoms with Gasteiger partial charge in [0.05, 0.1) is 12.3 Å². The van der Waals surface area contributed by atoms with Crippen LogP contribution in [0.2, 0.25) is 0 Å². The molecule has 0 amide bonds. The first-order valence-corrected chi connectivity index (χ1v) is 8.20. The quantitative estimate of drug-likeness (QED) is 0.681. The van der Waals surface area contributed by atoms with Crippen molar-refractivity contribution in [3.63, 3.8) is 0 Å². The molecular formula is C18H18FN3O4. The van der Waals surface area contributed by atoms with Gasteiger partial charge >= 0.3 is 5.97 Å². The number of aromatic amines is 2. The molecule has 0 atom stereocenters. The number of carbonyl (C=O) groups is 1. The fourth-order valence-electron chi connectivity index (χ4n) is 2.86. The van der Waals surface area contributed by atoms with Crippen LogP contribution in [0.1, 0.15) is 24.6 Å². The van der Waals surface area contributed by atoms with E-state index in [1.54, 1.807) is 13.8 Å². The minimum absolute atomic E-state index is 0.0289. The van der Waals surface area contributed by atoms with Gasteiger partial charge in [-0.2, -0.15) is 0 Å². The van der Waals surface area contributed by atoms with Crippen molar-refractivity contribution in [3.8, 4) is 5.69 Å². The summed E-state index contributed by atoms with van der Waals surface area (Å²) < 4.78 is 19.1. The Balaban J connectivity index is 2.07. The molecule has 136 valence electrons. The van der Waals surface area contributed by atoms with E-state index in [0.717, 1.165) is 0 Å². The SMILES string of the molecule is CCOC(=O)CCc1c(C)[nH]c2[nH]n(-c3ccc(F)cc3)c(=O)c2c1=O. The first-order valence-electron chi connectivity index (χ1n) is 8.20. The lowest BCUT2D eigenvalue weighted by molar-refractivity contribution is -0.143. The maximum absolute atomic E-state index is 13.1. The van der Waals surface area contributed by atoms with Gasteiger partial charge in [-0.15, -0.1) is 0 Å². The van der Waals surface area contributed by atoms with Crippen molar-refractivity contribution in [1.82, 2.24) is 14.8 Å². The van der Waals surface area contributed by atoms with Crippen LogP contribution in [0, 0.1) is 12.7 Å². The number of hydrogen-bond donors (Lipinski definition) is 2. The van der Waals surface area contributed by atoms with Gasteiger partial charge in [-0.05, 0) is 44.5 Å². The van der Waals surface area contributed by atoms with Crippen molar-refractivity contribution in [2.45, 2.75) is 26.7 Å². The van der Waals surface area contributed by atoms with E-state index in [1.165, 1.54) is 28.9 Å². The molecule has 2 heterocycles. The summed E-state index contributed by atoms with van der Waals surface area (Å²) >= 11 is 0. The van der Waals surface area contributed by atoms with Gasteiger partial charge in [0.25, 0.3) is 5.56 Å². The number of nitrogens with zero attached hydrogens (tertiary/aromatic N) is 1. The Labute approximate surface area is 147 Å². The topological polar surface area (TPSA) is 96.9 Å². The van der Waals surface area contributed by atoms with E-state index in [4.69, 9.17) is 4.74 Å². The van der Waals surface area contributed by atoms with E-state index in [2.05, 4.69) is 10.1 Å². The Kier molecular flexibility index (Phi) is 4.75. The molecule has 0 saturated heterocycles. The molecule has 7 nitrogen and oxygen atoms in total. The molecule has 0 aliphatic carbocycles. The number of halogens is 1. The second kappa shape index (κ2) is 6.99. The van der Waals surface area contributed by atoms with Gasteiger partial charge in [0, 0.05) is 17.7 Å². The third-order valence-corrected chi connectivity index (χ3v) is 4.13. The van der Waals surface area contributed by atoms with Crippen LogP contribution in [0.4, 0.5) is 4.39 Å². The number of rotatable bonds is 5. The number of aryl methyl sites for hydroxylation is 1. The summed E-state index contributed by atoms with van der Waals surface area (Å²) in [5.74, 6) is -0.824. The van der Waals surface area contributed by atoms with Crippen LogP contribution in [-0.2, 0) is 16.0 Å². The van der Waals surface area contributed by atoms with E-state index >= 15 is 0 Å². The van der Waals surface area contributed by atoms with Crippen LogP contribution in [0.15, 0.2) is 33.9 Å². The number of hydrogen-bond acceptors (Lipinski definition) is 4. The fourth-order valence-corrected chi connectivity index (χ4v) is 2.86. The highest BCUT2D eigenvalue weighted by Gasteiger charge is 2.18. The Morgan fingerprint density at radius 3 is 2.58 bits per heavy atom. The van der Waals surface area contributed by atoms with Crippen LogP contribution < -0.4 is 11.0 Å². The molecule has 2 aromatic heterocycles. The molecule has 0 aliphatic rings. The number of carbonyl (C=O) groups excluding carboxylic acids is 1. The van der Waals surface area contributed by atoms with Crippen molar-refractivity contribution in [2.24, 2.45) is 0 Å². The largest absolute Gasteiger partial charge is 0.466 e. The zero-order valence-electron chi connectivity index (χ0n) is 14.4. The van der Waals surface area contributed by atoms with Crippen LogP contribution in [0.5, 0.6) is 0 Å². The van der Waals surface area contributed by atoms with Crippen LogP contribution in [-0.4, -0.2) is 27.3 Å². The van der Waals surface area contributed by atoms with Crippen molar-refractivity contribution in [1.29, 1.82) is 0 Å². The van der Waals surface area contributed by atoms with E-state index in [0.29, 0.717) is 16.9 Å². The number of aromatic nitrogens is 3. The van der Waals surface area contributed by atoms with Crippen molar-refractivity contribution < 1.29 is 13.9 Å². The highest BCUT2D eigenvalue weighted by Crippen LogP contribution is 2.12. The summed E-state index contributed by atoms with van der Waals surface area (Å²) in [6.45, 7) is 3.68. The summed E-state index contributed by atoms with van der Waals surface area (Å²) in [4.78, 5) is 40.0. The lowest BCUT2D eigenvalue weighted by Crippen LogP contribution is -2.21. The van der Waals surface area contributed by atoms with Gasteiger partial charge in [0.1, 0.15) is 16.9 Å². The van der Waals surface area contributed by atoms with E-state index in [9.17, 15) is 18.8 Å². The molecule has 26 heavy (non-hydrogen) atoms. The molecule has 0 saturated carbocycles. The van der Waals surface area contributed by atoms with Gasteiger partial charge in [0.2, 0.25) is 0 Å². The second-order valence-corrected chi connectivity index (χ2v) is 5.84. The zero-order chi connectivity index (χ0) is 18.8. The Morgan fingerprint density at radius 1 is 1.23 bits per heavy atom. The molecule has 8 heteroatoms. The maximum Gasteiger partial charge on any atom is 0.306 e. The third kappa shape index (κ3) is 3.17. The molecule has 1 aromatic carbocycles. The number of esters is 1. The molecule has 0 bridgehead atoms. The standard InChI is InChI=1S/C18H18FN3O4/c1-3-26-14(23)9-8-13-10(2)20-17-15(16(13)24)18(25)22(21-17)12-6-4-11(19)5-7-12/h4-7H,3,8-9H2,1-2H3,(H2,20,21,24). The molecule has 0 radical (unpaired) electrons. The lowest BCUT2D eigenvalue weighted by Gasteiger charge is -2.05. The van der Waals surface area contributed by atoms with E-state index < -0.39 is 22.8 Å². The van der Waals surface area contributed by atoms with E-state index in [-0.39, 0.29) is 30.5 Å². The molecule has 0 fully saturated rings. The Bertz CT molecular complexity index is 1080. The average molecular weight is 359 g/mol. The molecule has 2 N–H and O–H groups in total. The summed E-state index contributed by atoms with van der Waals surface area (Å²) in [6, 6.07) is 5.33. The molecular weight excluding hydrogens is 341 g/mol. The van der Waals surface area contributed by atoms with Crippen molar-refractivity contribution in [3.05, 3.63) is 61.9 Å². The van der Waals surface area contributed by atoms with Crippen molar-refractivity contribution in [2.75, 3.05) is 6.61 Å². The Morgan fingerprint density at radius 2 is 1.92 bits per heavy atom. The highest BCUT2D eigenvalue weighted by atomic mass is 19.1. The first kappa shape index (κ1) is 17.7. The second-order valence-electron chi connectivity index (χ2n) is 5.84. The molecule has 3 aromatic rings. The van der Waals surface area contributed by atoms with Gasteiger partial charge in [-0.3, -0.25) is 19.5 Å². The third-order valence-electron chi connectivity index (χ3n) is 4.13. The molecule has 0 aliphatic heterocycles. The van der Waals surface area contributed by atoms with Crippen LogP contribution in [0.25, 0.3) is 16.7 Å². The van der Waals surface area contributed by atoms with Crippen molar-refractivity contribution >= 4 is 17.0 Å². The summed E-state index contributed by atoms with van der Waals surface area (Å²) in [5, 5.41) is 2.80. The predicted molar refractivity (Wildman–Crippen MR) is 94.2 cm³/mol. The predicted octanol–water partition coefficient (Wildman–Crippen LogP) is 1.95. The van der Waals surface area contributed by atoms with Gasteiger partial charge < -0.3 is 9.72 Å². The number of benzene rings is 1. The average Bonchev–Trinajstić information content (AvgIpc) is 2.92. The molecule has 3 rings (SSSR count). The molecule has 0 spiro atoms. The number of ether oxygens (including phenoxy) is 1. The normalized spacial score (nSPS) is 11.0. The van der Waals surface area contributed by atoms with Gasteiger partial charge in [-0.1, -0.05) is 0 Å². The first-order chi connectivity index (χ1) is 12.4. The van der Waals surface area contributed by atoms with Crippen LogP contribution in [0.3, 0.4) is 0 Å². The number of pyridine rings is 1. The minimum atomic E-state index is -0.537. The lowest BCUT2D eigenvalue weighted by atomic mass is 10.1. The Hall–Kier alpha value is -3.16. The van der Waals surface area contributed by atoms with Gasteiger partial charge in [-0.25, -0.2) is 9.07 Å². The summed E-state index contributed by atoms with van der Waals surface area (Å²) in [5.41, 5.74) is 0.660. The fraction of sp³-hybridized carbons (Fsp3) is 0.278. The molecule has 0 unspecified atom stereocenters. The highest BCUT2D eigenvalue weighted by molar-refractivity contribution is 5.76. The number of nitrogens with one attached hydrogen (secondary N) is 2. The van der Waals surface area contributed by atoms with Gasteiger partial charge in [0.15, 0.2) is 5.43 Å². The van der Waals surface area contributed by atoms with Crippen LogP contribution >= 0.6 is 0 Å². The maximum atomic E-state index is 13.1. The number of fused-ring (bicyclic) bond motifs is 1. The van der Waals surface area contributed by atoms with E-state index in [1.807, 2.05) is 0 Å². The summed E-state index contributed by atoms with van der Waals surface area (Å²) in [6.07, 6.45) is 0.233. The number of H-pyrrole nitrogens is 2. The monoisotopic (exact) mass is 359 g/mol. The summed E-state index contributed by atoms with van der Waals surface area (Å²) in [7, 11) is 0. The minimum Gasteiger partial charge on any atom is -0.466 e.